The number of nitrogens with zero attached hydrogens (tertiary/aromatic N) is 1. The predicted octanol–water partition coefficient (Wildman–Crippen LogP) is 2.16. The molecule has 0 fully saturated rings. The Morgan fingerprint density at radius 3 is 2.80 bits per heavy atom. The van der Waals surface area contributed by atoms with Crippen molar-refractivity contribution in [3.8, 4) is 0 Å². The SMILES string of the molecule is CNC(CCOC(C)C)c1cccnc1. The van der Waals surface area contributed by atoms with Gasteiger partial charge in [0.1, 0.15) is 0 Å². The van der Waals surface area contributed by atoms with Gasteiger partial charge in [0.05, 0.1) is 6.10 Å². The maximum Gasteiger partial charge on any atom is 0.0518 e. The van der Waals surface area contributed by atoms with Crippen LogP contribution in [0.4, 0.5) is 0 Å². The minimum absolute atomic E-state index is 0.302. The smallest absolute Gasteiger partial charge is 0.0518 e. The molecule has 1 rings (SSSR count). The molecule has 0 spiro atoms. The maximum absolute atomic E-state index is 5.54. The van der Waals surface area contributed by atoms with Crippen LogP contribution in [0.25, 0.3) is 0 Å². The number of hydrogen-bond acceptors (Lipinski definition) is 3. The highest BCUT2D eigenvalue weighted by molar-refractivity contribution is 5.13. The van der Waals surface area contributed by atoms with Crippen LogP contribution in [0.1, 0.15) is 31.9 Å². The van der Waals surface area contributed by atoms with Gasteiger partial charge in [-0.3, -0.25) is 4.98 Å². The van der Waals surface area contributed by atoms with Crippen LogP contribution in [-0.2, 0) is 4.74 Å². The molecule has 0 amide bonds. The second kappa shape index (κ2) is 6.53. The third-order valence-corrected chi connectivity index (χ3v) is 2.29. The summed E-state index contributed by atoms with van der Waals surface area (Å²) in [6.07, 6.45) is 4.97. The number of ether oxygens (including phenoxy) is 1. The summed E-state index contributed by atoms with van der Waals surface area (Å²) < 4.78 is 5.54. The summed E-state index contributed by atoms with van der Waals surface area (Å²) in [6, 6.07) is 4.38. The Hall–Kier alpha value is -0.930. The van der Waals surface area contributed by atoms with Gasteiger partial charge in [-0.2, -0.15) is 0 Å². The molecule has 1 heterocycles. The summed E-state index contributed by atoms with van der Waals surface area (Å²) in [7, 11) is 1.97. The van der Waals surface area contributed by atoms with Crippen molar-refractivity contribution < 1.29 is 4.74 Å². The minimum atomic E-state index is 0.302. The number of rotatable bonds is 6. The molecule has 0 radical (unpaired) electrons. The Kier molecular flexibility index (Phi) is 5.29. The van der Waals surface area contributed by atoms with Crippen molar-refractivity contribution in [3.05, 3.63) is 30.1 Å². The molecule has 3 heteroatoms. The highest BCUT2D eigenvalue weighted by Gasteiger charge is 2.08. The van der Waals surface area contributed by atoms with E-state index in [-0.39, 0.29) is 0 Å². The minimum Gasteiger partial charge on any atom is -0.379 e. The van der Waals surface area contributed by atoms with Crippen LogP contribution in [0.3, 0.4) is 0 Å². The van der Waals surface area contributed by atoms with Gasteiger partial charge in [-0.05, 0) is 38.9 Å². The fraction of sp³-hybridized carbons (Fsp3) is 0.583. The molecule has 1 unspecified atom stereocenters. The van der Waals surface area contributed by atoms with Crippen molar-refractivity contribution in [3.63, 3.8) is 0 Å². The van der Waals surface area contributed by atoms with E-state index in [2.05, 4.69) is 30.2 Å². The van der Waals surface area contributed by atoms with Gasteiger partial charge in [0.25, 0.3) is 0 Å². The van der Waals surface area contributed by atoms with Crippen molar-refractivity contribution in [2.24, 2.45) is 0 Å². The molecule has 15 heavy (non-hydrogen) atoms. The molecule has 1 atom stereocenters. The Bertz CT molecular complexity index is 262. The lowest BCUT2D eigenvalue weighted by molar-refractivity contribution is 0.0719. The number of pyridine rings is 1. The van der Waals surface area contributed by atoms with E-state index in [9.17, 15) is 0 Å². The first-order chi connectivity index (χ1) is 7.24. The summed E-state index contributed by atoms with van der Waals surface area (Å²) in [4.78, 5) is 4.12. The zero-order valence-corrected chi connectivity index (χ0v) is 9.73. The molecule has 1 aromatic rings. The van der Waals surface area contributed by atoms with Gasteiger partial charge in [0.15, 0.2) is 0 Å². The Morgan fingerprint density at radius 2 is 2.27 bits per heavy atom. The van der Waals surface area contributed by atoms with Crippen molar-refractivity contribution in [1.82, 2.24) is 10.3 Å². The highest BCUT2D eigenvalue weighted by atomic mass is 16.5. The molecule has 0 saturated carbocycles. The molecule has 3 nitrogen and oxygen atoms in total. The Labute approximate surface area is 91.9 Å². The van der Waals surface area contributed by atoms with Crippen LogP contribution in [0.5, 0.6) is 0 Å². The molecule has 0 aliphatic heterocycles. The molecule has 0 aromatic carbocycles. The predicted molar refractivity (Wildman–Crippen MR) is 61.7 cm³/mol. The first kappa shape index (κ1) is 12.1. The van der Waals surface area contributed by atoms with E-state index < -0.39 is 0 Å². The molecule has 84 valence electrons. The van der Waals surface area contributed by atoms with E-state index in [4.69, 9.17) is 4.74 Å². The standard InChI is InChI=1S/C12H20N2O/c1-10(2)15-8-6-12(13-3)11-5-4-7-14-9-11/h4-5,7,9-10,12-13H,6,8H2,1-3H3. The monoisotopic (exact) mass is 208 g/mol. The third-order valence-electron chi connectivity index (χ3n) is 2.29. The van der Waals surface area contributed by atoms with Crippen molar-refractivity contribution in [1.29, 1.82) is 0 Å². The quantitative estimate of drug-likeness (QED) is 0.778. The third kappa shape index (κ3) is 4.40. The molecule has 0 aliphatic carbocycles. The van der Waals surface area contributed by atoms with Gasteiger partial charge in [0.2, 0.25) is 0 Å². The maximum atomic E-state index is 5.54. The molecular weight excluding hydrogens is 188 g/mol. The zero-order valence-electron chi connectivity index (χ0n) is 9.73. The van der Waals surface area contributed by atoms with Crippen LogP contribution in [0, 0.1) is 0 Å². The topological polar surface area (TPSA) is 34.1 Å². The zero-order chi connectivity index (χ0) is 11.1. The summed E-state index contributed by atoms with van der Waals surface area (Å²) in [6.45, 7) is 4.88. The lowest BCUT2D eigenvalue weighted by Crippen LogP contribution is -2.19. The molecule has 0 aliphatic rings. The van der Waals surface area contributed by atoms with E-state index in [0.29, 0.717) is 12.1 Å². The van der Waals surface area contributed by atoms with E-state index >= 15 is 0 Å². The van der Waals surface area contributed by atoms with E-state index in [1.807, 2.05) is 19.3 Å². The lowest BCUT2D eigenvalue weighted by Gasteiger charge is -2.17. The Morgan fingerprint density at radius 1 is 1.47 bits per heavy atom. The number of nitrogens with one attached hydrogen (secondary N) is 1. The van der Waals surface area contributed by atoms with Gasteiger partial charge in [-0.15, -0.1) is 0 Å². The van der Waals surface area contributed by atoms with Crippen LogP contribution in [0.2, 0.25) is 0 Å². The first-order valence-electron chi connectivity index (χ1n) is 5.43. The summed E-state index contributed by atoms with van der Waals surface area (Å²) >= 11 is 0. The average molecular weight is 208 g/mol. The first-order valence-corrected chi connectivity index (χ1v) is 5.43. The highest BCUT2D eigenvalue weighted by Crippen LogP contribution is 2.14. The van der Waals surface area contributed by atoms with Gasteiger partial charge in [0, 0.05) is 25.0 Å². The van der Waals surface area contributed by atoms with E-state index in [0.717, 1.165) is 13.0 Å². The molecule has 0 saturated heterocycles. The van der Waals surface area contributed by atoms with Gasteiger partial charge < -0.3 is 10.1 Å². The summed E-state index contributed by atoms with van der Waals surface area (Å²) in [5.74, 6) is 0. The van der Waals surface area contributed by atoms with E-state index in [1.165, 1.54) is 5.56 Å². The van der Waals surface area contributed by atoms with Crippen molar-refractivity contribution in [2.45, 2.75) is 32.4 Å². The van der Waals surface area contributed by atoms with Crippen LogP contribution >= 0.6 is 0 Å². The molecule has 1 N–H and O–H groups in total. The Balaban J connectivity index is 2.43. The van der Waals surface area contributed by atoms with Crippen LogP contribution < -0.4 is 5.32 Å². The second-order valence-electron chi connectivity index (χ2n) is 3.84. The molecule has 1 aromatic heterocycles. The van der Waals surface area contributed by atoms with Gasteiger partial charge in [-0.25, -0.2) is 0 Å². The number of hydrogen-bond donors (Lipinski definition) is 1. The summed E-state index contributed by atoms with van der Waals surface area (Å²) in [5, 5.41) is 3.27. The second-order valence-corrected chi connectivity index (χ2v) is 3.84. The van der Waals surface area contributed by atoms with Crippen molar-refractivity contribution in [2.75, 3.05) is 13.7 Å². The van der Waals surface area contributed by atoms with Crippen LogP contribution in [-0.4, -0.2) is 24.7 Å². The number of aromatic nitrogens is 1. The molecule has 0 bridgehead atoms. The largest absolute Gasteiger partial charge is 0.379 e. The fourth-order valence-corrected chi connectivity index (χ4v) is 1.48. The van der Waals surface area contributed by atoms with Crippen LogP contribution in [0.15, 0.2) is 24.5 Å². The summed E-state index contributed by atoms with van der Waals surface area (Å²) in [5.41, 5.74) is 1.22. The van der Waals surface area contributed by atoms with Gasteiger partial charge in [-0.1, -0.05) is 6.07 Å². The van der Waals surface area contributed by atoms with Crippen molar-refractivity contribution >= 4 is 0 Å². The van der Waals surface area contributed by atoms with Gasteiger partial charge >= 0.3 is 0 Å². The molecular formula is C12H20N2O. The van der Waals surface area contributed by atoms with E-state index in [1.54, 1.807) is 6.20 Å². The lowest BCUT2D eigenvalue weighted by atomic mass is 10.1. The normalized spacial score (nSPS) is 13.1. The fourth-order valence-electron chi connectivity index (χ4n) is 1.48. The average Bonchev–Trinajstić information content (AvgIpc) is 2.25.